The molecular weight excluding hydrogens is 256 g/mol. The Kier molecular flexibility index (Phi) is 4.32. The molecule has 0 aliphatic carbocycles. The molecule has 0 amide bonds. The highest BCUT2D eigenvalue weighted by Gasteiger charge is 2.12. The smallest absolute Gasteiger partial charge is 0.256 e. The Morgan fingerprint density at radius 2 is 2.00 bits per heavy atom. The molecule has 2 rings (SSSR count). The Bertz CT molecular complexity index is 558. The molecule has 3 nitrogen and oxygen atoms in total. The topological polar surface area (TPSA) is 52.0 Å². The number of hydrogen-bond donors (Lipinski definition) is 1. The molecule has 19 heavy (non-hydrogen) atoms. The van der Waals surface area contributed by atoms with Gasteiger partial charge in [-0.2, -0.15) is 0 Å². The van der Waals surface area contributed by atoms with Gasteiger partial charge in [0.25, 0.3) is 5.22 Å². The second-order valence-corrected chi connectivity index (χ2v) is 5.87. The van der Waals surface area contributed by atoms with Crippen LogP contribution in [0.5, 0.6) is 0 Å². The highest BCUT2D eigenvalue weighted by Crippen LogP contribution is 2.26. The highest BCUT2D eigenvalue weighted by atomic mass is 32.2. The predicted octanol–water partition coefficient (Wildman–Crippen LogP) is 3.70. The van der Waals surface area contributed by atoms with Gasteiger partial charge in [0.15, 0.2) is 0 Å². The molecule has 2 N–H and O–H groups in total. The van der Waals surface area contributed by atoms with Crippen LogP contribution in [-0.2, 0) is 0 Å². The van der Waals surface area contributed by atoms with Gasteiger partial charge in [0, 0.05) is 11.8 Å². The van der Waals surface area contributed by atoms with E-state index in [0.29, 0.717) is 5.22 Å². The molecule has 2 aromatic rings. The van der Waals surface area contributed by atoms with Crippen molar-refractivity contribution < 1.29 is 4.42 Å². The number of nitrogens with zero attached hydrogens (tertiary/aromatic N) is 1. The highest BCUT2D eigenvalue weighted by molar-refractivity contribution is 7.99. The first-order valence-electron chi connectivity index (χ1n) is 6.37. The SMILES string of the molecule is Cc1ccc(C(N)CSc2nc(C)c(C)o2)c(C)c1. The van der Waals surface area contributed by atoms with Gasteiger partial charge in [-0.05, 0) is 38.8 Å². The lowest BCUT2D eigenvalue weighted by atomic mass is 10.0. The monoisotopic (exact) mass is 276 g/mol. The summed E-state index contributed by atoms with van der Waals surface area (Å²) in [5.74, 6) is 1.64. The summed E-state index contributed by atoms with van der Waals surface area (Å²) in [7, 11) is 0. The fourth-order valence-electron chi connectivity index (χ4n) is 2.00. The number of aromatic nitrogens is 1. The molecule has 0 saturated carbocycles. The maximum atomic E-state index is 6.25. The van der Waals surface area contributed by atoms with E-state index >= 15 is 0 Å². The fraction of sp³-hybridized carbons (Fsp3) is 0.400. The maximum Gasteiger partial charge on any atom is 0.256 e. The molecule has 0 aliphatic heterocycles. The molecule has 1 heterocycles. The van der Waals surface area contributed by atoms with Crippen LogP contribution in [0.3, 0.4) is 0 Å². The maximum absolute atomic E-state index is 6.25. The average molecular weight is 276 g/mol. The summed E-state index contributed by atoms with van der Waals surface area (Å²) in [6.45, 7) is 8.07. The lowest BCUT2D eigenvalue weighted by Crippen LogP contribution is -2.14. The molecule has 0 aliphatic rings. The van der Waals surface area contributed by atoms with Gasteiger partial charge < -0.3 is 10.2 Å². The molecule has 0 saturated heterocycles. The Morgan fingerprint density at radius 1 is 1.26 bits per heavy atom. The molecule has 1 unspecified atom stereocenters. The van der Waals surface area contributed by atoms with Crippen molar-refractivity contribution in [2.75, 3.05) is 5.75 Å². The van der Waals surface area contributed by atoms with Crippen LogP contribution in [0, 0.1) is 27.7 Å². The summed E-state index contributed by atoms with van der Waals surface area (Å²) in [6.07, 6.45) is 0. The number of thioether (sulfide) groups is 1. The van der Waals surface area contributed by atoms with Crippen molar-refractivity contribution in [3.63, 3.8) is 0 Å². The van der Waals surface area contributed by atoms with Crippen LogP contribution in [0.15, 0.2) is 27.8 Å². The van der Waals surface area contributed by atoms with Crippen LogP contribution in [-0.4, -0.2) is 10.7 Å². The zero-order chi connectivity index (χ0) is 14.0. The van der Waals surface area contributed by atoms with E-state index in [1.807, 2.05) is 13.8 Å². The minimum absolute atomic E-state index is 0.00175. The van der Waals surface area contributed by atoms with Gasteiger partial charge in [-0.3, -0.25) is 0 Å². The third kappa shape index (κ3) is 3.39. The van der Waals surface area contributed by atoms with Gasteiger partial charge in [0.2, 0.25) is 0 Å². The molecular formula is C15H20N2OS. The molecule has 0 bridgehead atoms. The van der Waals surface area contributed by atoms with Gasteiger partial charge in [0.1, 0.15) is 5.76 Å². The zero-order valence-electron chi connectivity index (χ0n) is 11.9. The van der Waals surface area contributed by atoms with Gasteiger partial charge >= 0.3 is 0 Å². The molecule has 1 aromatic carbocycles. The second-order valence-electron chi connectivity index (χ2n) is 4.90. The minimum atomic E-state index is -0.00175. The fourth-order valence-corrected chi connectivity index (χ4v) is 2.88. The van der Waals surface area contributed by atoms with E-state index in [9.17, 15) is 0 Å². The van der Waals surface area contributed by atoms with Crippen molar-refractivity contribution >= 4 is 11.8 Å². The van der Waals surface area contributed by atoms with Crippen LogP contribution >= 0.6 is 11.8 Å². The largest absolute Gasteiger partial charge is 0.437 e. The lowest BCUT2D eigenvalue weighted by molar-refractivity contribution is 0.431. The van der Waals surface area contributed by atoms with E-state index in [4.69, 9.17) is 10.2 Å². The Morgan fingerprint density at radius 3 is 2.58 bits per heavy atom. The van der Waals surface area contributed by atoms with Crippen molar-refractivity contribution in [2.24, 2.45) is 5.73 Å². The molecule has 102 valence electrons. The predicted molar refractivity (Wildman–Crippen MR) is 79.5 cm³/mol. The lowest BCUT2D eigenvalue weighted by Gasteiger charge is -2.14. The summed E-state index contributed by atoms with van der Waals surface area (Å²) in [5.41, 5.74) is 10.9. The third-order valence-corrected chi connectivity index (χ3v) is 4.17. The summed E-state index contributed by atoms with van der Waals surface area (Å²) in [5, 5.41) is 0.704. The van der Waals surface area contributed by atoms with E-state index in [1.165, 1.54) is 16.7 Å². The summed E-state index contributed by atoms with van der Waals surface area (Å²) >= 11 is 1.57. The minimum Gasteiger partial charge on any atom is -0.437 e. The van der Waals surface area contributed by atoms with Crippen LogP contribution in [0.4, 0.5) is 0 Å². The number of rotatable bonds is 4. The Balaban J connectivity index is 2.03. The molecule has 1 aromatic heterocycles. The van der Waals surface area contributed by atoms with E-state index in [-0.39, 0.29) is 6.04 Å². The first kappa shape index (κ1) is 14.2. The number of benzene rings is 1. The Hall–Kier alpha value is -1.26. The van der Waals surface area contributed by atoms with Crippen molar-refractivity contribution in [1.82, 2.24) is 4.98 Å². The quantitative estimate of drug-likeness (QED) is 0.865. The summed E-state index contributed by atoms with van der Waals surface area (Å²) in [4.78, 5) is 4.35. The number of nitrogens with two attached hydrogens (primary N) is 1. The molecule has 0 fully saturated rings. The Labute approximate surface area is 118 Å². The van der Waals surface area contributed by atoms with E-state index in [1.54, 1.807) is 11.8 Å². The van der Waals surface area contributed by atoms with Crippen LogP contribution < -0.4 is 5.73 Å². The van der Waals surface area contributed by atoms with Gasteiger partial charge in [-0.15, -0.1) is 0 Å². The first-order chi connectivity index (χ1) is 8.97. The van der Waals surface area contributed by atoms with Crippen molar-refractivity contribution in [1.29, 1.82) is 0 Å². The molecule has 4 heteroatoms. The van der Waals surface area contributed by atoms with Crippen LogP contribution in [0.25, 0.3) is 0 Å². The van der Waals surface area contributed by atoms with E-state index in [2.05, 4.69) is 37.0 Å². The van der Waals surface area contributed by atoms with Crippen LogP contribution in [0.1, 0.15) is 34.2 Å². The van der Waals surface area contributed by atoms with Crippen LogP contribution in [0.2, 0.25) is 0 Å². The van der Waals surface area contributed by atoms with Crippen molar-refractivity contribution in [3.8, 4) is 0 Å². The number of hydrogen-bond acceptors (Lipinski definition) is 4. The molecule has 0 spiro atoms. The number of aryl methyl sites for hydroxylation is 4. The normalized spacial score (nSPS) is 12.7. The van der Waals surface area contributed by atoms with E-state index in [0.717, 1.165) is 17.2 Å². The second kappa shape index (κ2) is 5.80. The number of oxazole rings is 1. The van der Waals surface area contributed by atoms with E-state index < -0.39 is 0 Å². The van der Waals surface area contributed by atoms with Gasteiger partial charge in [0.05, 0.1) is 5.69 Å². The van der Waals surface area contributed by atoms with Gasteiger partial charge in [-0.1, -0.05) is 35.5 Å². The molecule has 1 atom stereocenters. The average Bonchev–Trinajstić information content (AvgIpc) is 2.66. The standard InChI is InChI=1S/C15H20N2OS/c1-9-5-6-13(10(2)7-9)14(16)8-19-15-17-11(3)12(4)18-15/h5-7,14H,8,16H2,1-4H3. The van der Waals surface area contributed by atoms with Crippen molar-refractivity contribution in [3.05, 3.63) is 46.3 Å². The summed E-state index contributed by atoms with van der Waals surface area (Å²) < 4.78 is 5.55. The summed E-state index contributed by atoms with van der Waals surface area (Å²) in [6, 6.07) is 6.38. The first-order valence-corrected chi connectivity index (χ1v) is 7.35. The van der Waals surface area contributed by atoms with Gasteiger partial charge in [-0.25, -0.2) is 4.98 Å². The van der Waals surface area contributed by atoms with Crippen molar-refractivity contribution in [2.45, 2.75) is 39.0 Å². The zero-order valence-corrected chi connectivity index (χ0v) is 12.7. The molecule has 0 radical (unpaired) electrons. The third-order valence-electron chi connectivity index (χ3n) is 3.22.